The van der Waals surface area contributed by atoms with Gasteiger partial charge in [0.05, 0.1) is 5.25 Å². The Balaban J connectivity index is 2.64. The lowest BCUT2D eigenvalue weighted by Gasteiger charge is -2.24. The van der Waals surface area contributed by atoms with E-state index in [2.05, 4.69) is 27.7 Å². The Morgan fingerprint density at radius 3 is 1.89 bits per heavy atom. The lowest BCUT2D eigenvalue weighted by Crippen LogP contribution is -2.33. The quantitative estimate of drug-likeness (QED) is 0.668. The summed E-state index contributed by atoms with van der Waals surface area (Å²) in [6.07, 6.45) is 4.84. The Morgan fingerprint density at radius 2 is 1.47 bits per heavy atom. The average Bonchev–Trinajstić information content (AvgIpc) is 2.27. The Labute approximate surface area is 124 Å². The van der Waals surface area contributed by atoms with Gasteiger partial charge in [-0.25, -0.2) is 8.42 Å². The SMILES string of the molecule is CC(C)[CH2][Al]([CH2]C(C)C)[O]S(=O)(=O)C1CCCCC1. The molecule has 1 aliphatic carbocycles. The Morgan fingerprint density at radius 1 is 1.00 bits per heavy atom. The molecule has 0 spiro atoms. The van der Waals surface area contributed by atoms with Crippen molar-refractivity contribution in [1.82, 2.24) is 0 Å². The van der Waals surface area contributed by atoms with E-state index in [1.54, 1.807) is 0 Å². The molecule has 0 radical (unpaired) electrons. The van der Waals surface area contributed by atoms with E-state index in [1.165, 1.54) is 6.42 Å². The summed E-state index contributed by atoms with van der Waals surface area (Å²) in [5.41, 5.74) is 0. The highest BCUT2D eigenvalue weighted by Crippen LogP contribution is 2.27. The van der Waals surface area contributed by atoms with Crippen molar-refractivity contribution in [2.45, 2.75) is 75.6 Å². The van der Waals surface area contributed by atoms with Crippen LogP contribution in [0.1, 0.15) is 59.8 Å². The van der Waals surface area contributed by atoms with E-state index < -0.39 is 24.6 Å². The molecular formula is C14H29AlO3S. The fourth-order valence-corrected chi connectivity index (χ4v) is 8.83. The predicted molar refractivity (Wildman–Crippen MR) is 81.9 cm³/mol. The molecule has 0 amide bonds. The van der Waals surface area contributed by atoms with Gasteiger partial charge in [0.1, 0.15) is 0 Å². The van der Waals surface area contributed by atoms with Crippen molar-refractivity contribution < 1.29 is 11.7 Å². The van der Waals surface area contributed by atoms with E-state index in [4.69, 9.17) is 3.23 Å². The first-order valence-corrected chi connectivity index (χ1v) is 11.3. The third-order valence-electron chi connectivity index (χ3n) is 3.70. The first kappa shape index (κ1) is 17.5. The second-order valence-electron chi connectivity index (χ2n) is 6.73. The first-order valence-electron chi connectivity index (χ1n) is 7.73. The summed E-state index contributed by atoms with van der Waals surface area (Å²) in [4.78, 5) is 0. The molecule has 5 heteroatoms. The van der Waals surface area contributed by atoms with Crippen LogP contribution in [0.15, 0.2) is 0 Å². The highest BCUT2D eigenvalue weighted by atomic mass is 32.2. The van der Waals surface area contributed by atoms with E-state index in [-0.39, 0.29) is 5.25 Å². The molecule has 0 atom stereocenters. The van der Waals surface area contributed by atoms with Crippen LogP contribution >= 0.6 is 0 Å². The number of hydrogen-bond donors (Lipinski definition) is 0. The maximum Gasteiger partial charge on any atom is 0.484 e. The molecular weight excluding hydrogens is 275 g/mol. The highest BCUT2D eigenvalue weighted by molar-refractivity contribution is 7.88. The zero-order chi connectivity index (χ0) is 14.5. The van der Waals surface area contributed by atoms with Crippen LogP contribution in [-0.4, -0.2) is 28.2 Å². The van der Waals surface area contributed by atoms with Crippen molar-refractivity contribution in [3.05, 3.63) is 0 Å². The van der Waals surface area contributed by atoms with Crippen LogP contribution in [-0.2, 0) is 13.4 Å². The monoisotopic (exact) mass is 304 g/mol. The summed E-state index contributed by atoms with van der Waals surface area (Å²) in [7, 11) is -3.31. The molecule has 0 aromatic heterocycles. The van der Waals surface area contributed by atoms with Gasteiger partial charge in [-0.3, -0.25) is 0 Å². The van der Waals surface area contributed by atoms with Crippen LogP contribution < -0.4 is 0 Å². The molecule has 0 heterocycles. The standard InChI is InChI=1S/C6H12O3S.2C4H9.Al/c7-10(8,9)6-4-2-1-3-5-6;2*1-4(2)3;/h6H,1-5H2,(H,7,8,9);2*4H,1H2,2-3H3;/q;;;+1/p-1. The molecule has 3 nitrogen and oxygen atoms in total. The highest BCUT2D eigenvalue weighted by Gasteiger charge is 2.34. The zero-order valence-corrected chi connectivity index (χ0v) is 14.9. The maximum atomic E-state index is 12.4. The minimum atomic E-state index is -3.31. The van der Waals surface area contributed by atoms with Crippen LogP contribution in [0.3, 0.4) is 0 Å². The Bertz CT molecular complexity index is 336. The molecule has 0 aromatic rings. The molecule has 1 fully saturated rings. The van der Waals surface area contributed by atoms with E-state index >= 15 is 0 Å². The predicted octanol–water partition coefficient (Wildman–Crippen LogP) is 3.97. The van der Waals surface area contributed by atoms with Gasteiger partial charge < -0.3 is 3.23 Å². The largest absolute Gasteiger partial charge is 0.484 e. The zero-order valence-electron chi connectivity index (χ0n) is 12.9. The molecule has 0 aliphatic heterocycles. The second-order valence-corrected chi connectivity index (χ2v) is 11.3. The summed E-state index contributed by atoms with van der Waals surface area (Å²) < 4.78 is 30.5. The summed E-state index contributed by atoms with van der Waals surface area (Å²) in [6, 6.07) is 0. The van der Waals surface area contributed by atoms with Gasteiger partial charge in [0.15, 0.2) is 0 Å². The molecule has 0 N–H and O–H groups in total. The molecule has 0 aromatic carbocycles. The van der Waals surface area contributed by atoms with Gasteiger partial charge in [-0.2, -0.15) is 0 Å². The van der Waals surface area contributed by atoms with Gasteiger partial charge in [-0.05, 0) is 12.8 Å². The van der Waals surface area contributed by atoms with Crippen molar-refractivity contribution in [1.29, 1.82) is 0 Å². The van der Waals surface area contributed by atoms with E-state index in [1.807, 2.05) is 0 Å². The normalized spacial score (nSPS) is 18.2. The fraction of sp³-hybridized carbons (Fsp3) is 1.00. The van der Waals surface area contributed by atoms with Crippen LogP contribution in [0.5, 0.6) is 0 Å². The molecule has 1 aliphatic rings. The molecule has 19 heavy (non-hydrogen) atoms. The van der Waals surface area contributed by atoms with Gasteiger partial charge in [-0.15, -0.1) is 0 Å². The lowest BCUT2D eigenvalue weighted by atomic mass is 10.0. The summed E-state index contributed by atoms with van der Waals surface area (Å²) >= 11 is -1.63. The first-order chi connectivity index (χ1) is 8.81. The van der Waals surface area contributed by atoms with Crippen LogP contribution in [0, 0.1) is 11.8 Å². The van der Waals surface area contributed by atoms with Crippen molar-refractivity contribution in [2.75, 3.05) is 0 Å². The molecule has 1 saturated carbocycles. The fourth-order valence-electron chi connectivity index (χ4n) is 2.85. The van der Waals surface area contributed by atoms with Gasteiger partial charge >= 0.3 is 14.5 Å². The number of rotatable bonds is 7. The third kappa shape index (κ3) is 6.62. The third-order valence-corrected chi connectivity index (χ3v) is 10.1. The molecule has 112 valence electrons. The summed E-state index contributed by atoms with van der Waals surface area (Å²) in [5.74, 6) is 1.05. The van der Waals surface area contributed by atoms with Gasteiger partial charge in [-0.1, -0.05) is 69.4 Å². The van der Waals surface area contributed by atoms with Crippen molar-refractivity contribution in [3.63, 3.8) is 0 Å². The minimum absolute atomic E-state index is 0.226. The van der Waals surface area contributed by atoms with E-state index in [9.17, 15) is 8.42 Å². The average molecular weight is 304 g/mol. The number of hydrogen-bond acceptors (Lipinski definition) is 3. The molecule has 0 unspecified atom stereocenters. The van der Waals surface area contributed by atoms with Crippen molar-refractivity contribution in [2.24, 2.45) is 11.8 Å². The minimum Gasteiger partial charge on any atom is -0.398 e. The summed E-state index contributed by atoms with van der Waals surface area (Å²) in [5, 5.41) is 1.70. The van der Waals surface area contributed by atoms with E-state index in [0.717, 1.165) is 36.2 Å². The smallest absolute Gasteiger partial charge is 0.398 e. The van der Waals surface area contributed by atoms with E-state index in [0.29, 0.717) is 11.8 Å². The Hall–Kier alpha value is 0.442. The molecule has 0 bridgehead atoms. The Kier molecular flexibility index (Phi) is 7.39. The van der Waals surface area contributed by atoms with Crippen LogP contribution in [0.2, 0.25) is 10.6 Å². The maximum absolute atomic E-state index is 12.4. The van der Waals surface area contributed by atoms with Gasteiger partial charge in [0.2, 0.25) is 10.1 Å². The topological polar surface area (TPSA) is 43.4 Å². The lowest BCUT2D eigenvalue weighted by molar-refractivity contribution is 0.425. The van der Waals surface area contributed by atoms with Crippen molar-refractivity contribution >= 4 is 24.6 Å². The second kappa shape index (κ2) is 8.02. The van der Waals surface area contributed by atoms with Crippen LogP contribution in [0.25, 0.3) is 0 Å². The summed E-state index contributed by atoms with van der Waals surface area (Å²) in [6.45, 7) is 8.60. The van der Waals surface area contributed by atoms with Crippen molar-refractivity contribution in [3.8, 4) is 0 Å². The van der Waals surface area contributed by atoms with Crippen LogP contribution in [0.4, 0.5) is 0 Å². The molecule has 0 saturated heterocycles. The molecule has 1 rings (SSSR count). The van der Waals surface area contributed by atoms with Gasteiger partial charge in [0, 0.05) is 0 Å². The van der Waals surface area contributed by atoms with Gasteiger partial charge in [0.25, 0.3) is 0 Å².